The molecular formula is C26H26O3. The van der Waals surface area contributed by atoms with Crippen LogP contribution < -0.4 is 0 Å². The van der Waals surface area contributed by atoms with Gasteiger partial charge in [-0.15, -0.1) is 0 Å². The standard InChI is InChI=1S/C26H26O3/c1-17-15-18(2)20(4)24(19(17)3)23(27)16-29-26(28)25(21-11-7-5-8-12-21)22-13-9-6-10-14-22/h5-15,25H,16H2,1-4H3. The third-order valence-corrected chi connectivity index (χ3v) is 5.49. The van der Waals surface area contributed by atoms with Crippen molar-refractivity contribution in [2.75, 3.05) is 6.61 Å². The number of esters is 1. The van der Waals surface area contributed by atoms with Crippen molar-refractivity contribution in [3.63, 3.8) is 0 Å². The van der Waals surface area contributed by atoms with E-state index in [9.17, 15) is 9.59 Å². The van der Waals surface area contributed by atoms with Crippen LogP contribution in [-0.2, 0) is 9.53 Å². The molecule has 0 fully saturated rings. The van der Waals surface area contributed by atoms with Crippen LogP contribution in [0.4, 0.5) is 0 Å². The zero-order valence-corrected chi connectivity index (χ0v) is 17.4. The van der Waals surface area contributed by atoms with Gasteiger partial charge in [0, 0.05) is 5.56 Å². The summed E-state index contributed by atoms with van der Waals surface area (Å²) in [6, 6.07) is 21.1. The number of ketones is 1. The van der Waals surface area contributed by atoms with Gasteiger partial charge in [0.15, 0.2) is 6.61 Å². The molecule has 0 heterocycles. The van der Waals surface area contributed by atoms with E-state index in [4.69, 9.17) is 4.74 Å². The maximum Gasteiger partial charge on any atom is 0.318 e. The lowest BCUT2D eigenvalue weighted by molar-refractivity contribution is -0.143. The number of carbonyl (C=O) groups excluding carboxylic acids is 2. The van der Waals surface area contributed by atoms with Crippen LogP contribution in [0.2, 0.25) is 0 Å². The minimum atomic E-state index is -0.563. The SMILES string of the molecule is Cc1cc(C)c(C)c(C(=O)COC(=O)C(c2ccccc2)c2ccccc2)c1C. The van der Waals surface area contributed by atoms with Crippen molar-refractivity contribution in [1.82, 2.24) is 0 Å². The van der Waals surface area contributed by atoms with Gasteiger partial charge in [-0.1, -0.05) is 66.7 Å². The average molecular weight is 386 g/mol. The van der Waals surface area contributed by atoms with E-state index in [-0.39, 0.29) is 12.4 Å². The fourth-order valence-electron chi connectivity index (χ4n) is 3.68. The maximum atomic E-state index is 13.0. The number of hydrogen-bond donors (Lipinski definition) is 0. The molecule has 0 aliphatic rings. The highest BCUT2D eigenvalue weighted by Crippen LogP contribution is 2.27. The molecule has 0 unspecified atom stereocenters. The van der Waals surface area contributed by atoms with Crippen molar-refractivity contribution >= 4 is 11.8 Å². The zero-order chi connectivity index (χ0) is 21.0. The van der Waals surface area contributed by atoms with Crippen LogP contribution in [0.25, 0.3) is 0 Å². The van der Waals surface area contributed by atoms with Crippen LogP contribution in [0, 0.1) is 27.7 Å². The molecule has 0 amide bonds. The van der Waals surface area contributed by atoms with E-state index in [1.807, 2.05) is 88.4 Å². The first kappa shape index (κ1) is 20.5. The molecule has 0 aliphatic carbocycles. The van der Waals surface area contributed by atoms with Gasteiger partial charge in [0.05, 0.1) is 0 Å². The second-order valence-electron chi connectivity index (χ2n) is 7.42. The minimum absolute atomic E-state index is 0.167. The predicted molar refractivity (Wildman–Crippen MR) is 115 cm³/mol. The molecule has 3 heteroatoms. The zero-order valence-electron chi connectivity index (χ0n) is 17.4. The Morgan fingerprint density at radius 1 is 0.759 bits per heavy atom. The number of aryl methyl sites for hydroxylation is 2. The molecule has 0 bridgehead atoms. The Balaban J connectivity index is 1.84. The number of Topliss-reactive ketones (excluding diaryl/α,β-unsaturated/α-hetero) is 1. The molecule has 3 aromatic rings. The van der Waals surface area contributed by atoms with Gasteiger partial charge in [-0.05, 0) is 61.1 Å². The molecule has 148 valence electrons. The number of rotatable bonds is 6. The molecule has 0 spiro atoms. The highest BCUT2D eigenvalue weighted by molar-refractivity contribution is 6.01. The molecular weight excluding hydrogens is 360 g/mol. The molecule has 0 aliphatic heterocycles. The van der Waals surface area contributed by atoms with Gasteiger partial charge >= 0.3 is 5.97 Å². The third kappa shape index (κ3) is 4.45. The normalized spacial score (nSPS) is 10.8. The van der Waals surface area contributed by atoms with Crippen LogP contribution >= 0.6 is 0 Å². The summed E-state index contributed by atoms with van der Waals surface area (Å²) in [7, 11) is 0. The summed E-state index contributed by atoms with van der Waals surface area (Å²) in [5.74, 6) is -1.15. The Kier molecular flexibility index (Phi) is 6.28. The predicted octanol–water partition coefficient (Wildman–Crippen LogP) is 5.48. The fraction of sp³-hybridized carbons (Fsp3) is 0.231. The van der Waals surface area contributed by atoms with E-state index in [0.717, 1.165) is 33.4 Å². The first-order valence-corrected chi connectivity index (χ1v) is 9.77. The van der Waals surface area contributed by atoms with Crippen LogP contribution in [0.15, 0.2) is 66.7 Å². The van der Waals surface area contributed by atoms with E-state index >= 15 is 0 Å². The maximum absolute atomic E-state index is 13.0. The van der Waals surface area contributed by atoms with Crippen molar-refractivity contribution in [1.29, 1.82) is 0 Å². The van der Waals surface area contributed by atoms with Crippen molar-refractivity contribution in [3.05, 3.63) is 106 Å². The molecule has 0 radical (unpaired) electrons. The summed E-state index contributed by atoms with van der Waals surface area (Å²) in [5, 5.41) is 0. The van der Waals surface area contributed by atoms with Gasteiger partial charge in [0.2, 0.25) is 5.78 Å². The molecule has 3 rings (SSSR count). The van der Waals surface area contributed by atoms with Gasteiger partial charge in [-0.3, -0.25) is 9.59 Å². The highest BCUT2D eigenvalue weighted by Gasteiger charge is 2.25. The number of carbonyl (C=O) groups is 2. The Morgan fingerprint density at radius 2 is 1.21 bits per heavy atom. The van der Waals surface area contributed by atoms with E-state index in [0.29, 0.717) is 5.56 Å². The summed E-state index contributed by atoms with van der Waals surface area (Å²) in [6.07, 6.45) is 0. The van der Waals surface area contributed by atoms with Gasteiger partial charge in [-0.2, -0.15) is 0 Å². The second kappa shape index (κ2) is 8.87. The van der Waals surface area contributed by atoms with E-state index < -0.39 is 11.9 Å². The van der Waals surface area contributed by atoms with Crippen LogP contribution in [0.3, 0.4) is 0 Å². The van der Waals surface area contributed by atoms with Crippen molar-refractivity contribution in [2.45, 2.75) is 33.6 Å². The molecule has 0 saturated carbocycles. The second-order valence-corrected chi connectivity index (χ2v) is 7.42. The average Bonchev–Trinajstić information content (AvgIpc) is 2.73. The lowest BCUT2D eigenvalue weighted by atomic mass is 9.91. The summed E-state index contributed by atoms with van der Waals surface area (Å²) >= 11 is 0. The van der Waals surface area contributed by atoms with Crippen LogP contribution in [0.1, 0.15) is 49.7 Å². The topological polar surface area (TPSA) is 43.4 Å². The lowest BCUT2D eigenvalue weighted by Crippen LogP contribution is -2.22. The fourth-order valence-corrected chi connectivity index (χ4v) is 3.68. The van der Waals surface area contributed by atoms with Crippen molar-refractivity contribution in [2.24, 2.45) is 0 Å². The molecule has 0 atom stereocenters. The summed E-state index contributed by atoms with van der Waals surface area (Å²) in [4.78, 5) is 25.9. The Morgan fingerprint density at radius 3 is 1.66 bits per heavy atom. The first-order chi connectivity index (χ1) is 13.9. The molecule has 0 saturated heterocycles. The Hall–Kier alpha value is -3.20. The minimum Gasteiger partial charge on any atom is -0.457 e. The first-order valence-electron chi connectivity index (χ1n) is 9.77. The number of hydrogen-bond acceptors (Lipinski definition) is 3. The van der Waals surface area contributed by atoms with Gasteiger partial charge < -0.3 is 4.74 Å². The lowest BCUT2D eigenvalue weighted by Gasteiger charge is -2.18. The van der Waals surface area contributed by atoms with Crippen LogP contribution in [0.5, 0.6) is 0 Å². The van der Waals surface area contributed by atoms with Gasteiger partial charge in [0.25, 0.3) is 0 Å². The third-order valence-electron chi connectivity index (χ3n) is 5.49. The molecule has 3 nitrogen and oxygen atoms in total. The highest BCUT2D eigenvalue weighted by atomic mass is 16.5. The van der Waals surface area contributed by atoms with Crippen LogP contribution in [-0.4, -0.2) is 18.4 Å². The number of ether oxygens (including phenoxy) is 1. The molecule has 0 N–H and O–H groups in total. The Bertz CT molecular complexity index is 955. The van der Waals surface area contributed by atoms with E-state index in [1.165, 1.54) is 0 Å². The van der Waals surface area contributed by atoms with Gasteiger partial charge in [-0.25, -0.2) is 0 Å². The van der Waals surface area contributed by atoms with Crippen molar-refractivity contribution in [3.8, 4) is 0 Å². The summed E-state index contributed by atoms with van der Waals surface area (Å²) in [6.45, 7) is 7.59. The van der Waals surface area contributed by atoms with Crippen molar-refractivity contribution < 1.29 is 14.3 Å². The monoisotopic (exact) mass is 386 g/mol. The molecule has 0 aromatic heterocycles. The van der Waals surface area contributed by atoms with Gasteiger partial charge in [0.1, 0.15) is 5.92 Å². The summed E-state index contributed by atoms with van der Waals surface area (Å²) in [5.41, 5.74) is 6.35. The largest absolute Gasteiger partial charge is 0.457 e. The number of benzene rings is 3. The van der Waals surface area contributed by atoms with E-state index in [2.05, 4.69) is 6.07 Å². The van der Waals surface area contributed by atoms with E-state index in [1.54, 1.807) is 0 Å². The molecule has 29 heavy (non-hydrogen) atoms. The molecule has 3 aromatic carbocycles. The smallest absolute Gasteiger partial charge is 0.318 e. The summed E-state index contributed by atoms with van der Waals surface area (Å²) < 4.78 is 5.53. The Labute approximate surface area is 172 Å². The quantitative estimate of drug-likeness (QED) is 0.416.